The summed E-state index contributed by atoms with van der Waals surface area (Å²) >= 11 is 0. The maximum Gasteiger partial charge on any atom is 0.309 e. The monoisotopic (exact) mass is 204 g/mol. The van der Waals surface area contributed by atoms with Crippen LogP contribution in [0.2, 0.25) is 0 Å². The van der Waals surface area contributed by atoms with E-state index in [1.807, 2.05) is 6.92 Å². The lowest BCUT2D eigenvalue weighted by Crippen LogP contribution is -2.26. The number of aliphatic carboxylic acids is 1. The number of hydrogen-bond donors (Lipinski definition) is 1. The van der Waals surface area contributed by atoms with Crippen molar-refractivity contribution in [2.24, 2.45) is 5.41 Å². The Morgan fingerprint density at radius 2 is 2.07 bits per heavy atom. The van der Waals surface area contributed by atoms with Crippen LogP contribution in [-0.2, 0) is 14.3 Å². The first-order chi connectivity index (χ1) is 6.40. The van der Waals surface area contributed by atoms with Crippen molar-refractivity contribution in [1.29, 1.82) is 0 Å². The van der Waals surface area contributed by atoms with Crippen molar-refractivity contribution >= 4 is 5.97 Å². The number of carboxylic acids is 1. The minimum Gasteiger partial charge on any atom is -0.481 e. The van der Waals surface area contributed by atoms with Crippen molar-refractivity contribution in [2.45, 2.75) is 33.3 Å². The Labute approximate surface area is 85.2 Å². The molecule has 4 heteroatoms. The molecule has 0 rings (SSSR count). The second kappa shape index (κ2) is 5.98. The largest absolute Gasteiger partial charge is 0.481 e. The fraction of sp³-hybridized carbons (Fsp3) is 0.900. The topological polar surface area (TPSA) is 55.8 Å². The van der Waals surface area contributed by atoms with Gasteiger partial charge in [-0.3, -0.25) is 4.79 Å². The van der Waals surface area contributed by atoms with E-state index in [1.165, 1.54) is 0 Å². The van der Waals surface area contributed by atoms with Crippen LogP contribution < -0.4 is 0 Å². The first-order valence-corrected chi connectivity index (χ1v) is 4.74. The Morgan fingerprint density at radius 1 is 1.50 bits per heavy atom. The summed E-state index contributed by atoms with van der Waals surface area (Å²) in [4.78, 5) is 10.7. The normalized spacial score (nSPS) is 14.0. The van der Waals surface area contributed by atoms with Crippen molar-refractivity contribution in [3.05, 3.63) is 0 Å². The molecule has 1 unspecified atom stereocenters. The van der Waals surface area contributed by atoms with Crippen molar-refractivity contribution in [3.8, 4) is 0 Å². The van der Waals surface area contributed by atoms with Crippen molar-refractivity contribution in [3.63, 3.8) is 0 Å². The molecule has 0 aromatic heterocycles. The van der Waals surface area contributed by atoms with Gasteiger partial charge in [-0.25, -0.2) is 0 Å². The van der Waals surface area contributed by atoms with E-state index in [4.69, 9.17) is 14.6 Å². The summed E-state index contributed by atoms with van der Waals surface area (Å²) in [5, 5.41) is 8.83. The van der Waals surface area contributed by atoms with Crippen LogP contribution in [-0.4, -0.2) is 37.5 Å². The highest BCUT2D eigenvalue weighted by Crippen LogP contribution is 2.20. The lowest BCUT2D eigenvalue weighted by atomic mass is 9.90. The highest BCUT2D eigenvalue weighted by atomic mass is 16.5. The van der Waals surface area contributed by atoms with Gasteiger partial charge in [-0.15, -0.1) is 0 Å². The number of carbonyl (C=O) groups is 1. The second-order valence-electron chi connectivity index (χ2n) is 4.08. The Balaban J connectivity index is 3.68. The average molecular weight is 204 g/mol. The molecule has 0 fully saturated rings. The van der Waals surface area contributed by atoms with Crippen LogP contribution in [0.25, 0.3) is 0 Å². The van der Waals surface area contributed by atoms with Gasteiger partial charge in [-0.1, -0.05) is 0 Å². The number of hydrogen-bond acceptors (Lipinski definition) is 3. The van der Waals surface area contributed by atoms with E-state index in [-0.39, 0.29) is 6.10 Å². The predicted molar refractivity (Wildman–Crippen MR) is 53.3 cm³/mol. The molecule has 0 heterocycles. The molecule has 0 amide bonds. The molecule has 0 radical (unpaired) electrons. The van der Waals surface area contributed by atoms with Gasteiger partial charge in [-0.2, -0.15) is 0 Å². The summed E-state index contributed by atoms with van der Waals surface area (Å²) in [6.45, 7) is 6.27. The van der Waals surface area contributed by atoms with Crippen LogP contribution in [0.1, 0.15) is 27.2 Å². The van der Waals surface area contributed by atoms with Gasteiger partial charge in [0.15, 0.2) is 0 Å². The fourth-order valence-corrected chi connectivity index (χ4v) is 0.905. The predicted octanol–water partition coefficient (Wildman–Crippen LogP) is 1.54. The minimum absolute atomic E-state index is 0.0181. The molecule has 0 aliphatic carbocycles. The van der Waals surface area contributed by atoms with Crippen LogP contribution in [0.3, 0.4) is 0 Å². The zero-order valence-electron chi connectivity index (χ0n) is 9.37. The molecule has 4 nitrogen and oxygen atoms in total. The molecule has 0 aromatic rings. The van der Waals surface area contributed by atoms with Gasteiger partial charge >= 0.3 is 5.97 Å². The summed E-state index contributed by atoms with van der Waals surface area (Å²) in [6, 6.07) is 0. The highest BCUT2D eigenvalue weighted by Gasteiger charge is 2.26. The molecule has 1 atom stereocenters. The molecule has 0 aliphatic heterocycles. The maximum atomic E-state index is 10.7. The number of rotatable bonds is 7. The SMILES string of the molecule is COCC(C)OCCC(C)(C)C(=O)O. The van der Waals surface area contributed by atoms with Gasteiger partial charge in [-0.05, 0) is 27.2 Å². The van der Waals surface area contributed by atoms with Crippen LogP contribution in [0.15, 0.2) is 0 Å². The molecular weight excluding hydrogens is 184 g/mol. The van der Waals surface area contributed by atoms with Crippen LogP contribution in [0, 0.1) is 5.41 Å². The molecule has 14 heavy (non-hydrogen) atoms. The third kappa shape index (κ3) is 5.19. The standard InChI is InChI=1S/C10H20O4/c1-8(7-13-4)14-6-5-10(2,3)9(11)12/h8H,5-7H2,1-4H3,(H,11,12). The van der Waals surface area contributed by atoms with Gasteiger partial charge < -0.3 is 14.6 Å². The summed E-state index contributed by atoms with van der Waals surface area (Å²) in [5.41, 5.74) is -0.715. The van der Waals surface area contributed by atoms with E-state index in [0.717, 1.165) is 0 Å². The van der Waals surface area contributed by atoms with Gasteiger partial charge in [0.25, 0.3) is 0 Å². The summed E-state index contributed by atoms with van der Waals surface area (Å²) in [7, 11) is 1.61. The highest BCUT2D eigenvalue weighted by molar-refractivity contribution is 5.73. The smallest absolute Gasteiger partial charge is 0.309 e. The van der Waals surface area contributed by atoms with Crippen LogP contribution in [0.5, 0.6) is 0 Å². The molecule has 0 bridgehead atoms. The fourth-order valence-electron chi connectivity index (χ4n) is 0.905. The van der Waals surface area contributed by atoms with Crippen molar-refractivity contribution in [2.75, 3.05) is 20.3 Å². The lowest BCUT2D eigenvalue weighted by molar-refractivity contribution is -0.148. The summed E-state index contributed by atoms with van der Waals surface area (Å²) in [6.07, 6.45) is 0.528. The quantitative estimate of drug-likeness (QED) is 0.683. The minimum atomic E-state index is -0.791. The van der Waals surface area contributed by atoms with E-state index in [2.05, 4.69) is 0 Å². The Kier molecular flexibility index (Phi) is 5.72. The first-order valence-electron chi connectivity index (χ1n) is 4.74. The maximum absolute atomic E-state index is 10.7. The molecule has 0 spiro atoms. The van der Waals surface area contributed by atoms with E-state index < -0.39 is 11.4 Å². The third-order valence-corrected chi connectivity index (χ3v) is 2.11. The average Bonchev–Trinajstić information content (AvgIpc) is 2.04. The summed E-state index contributed by atoms with van der Waals surface area (Å²) < 4.78 is 10.3. The van der Waals surface area contributed by atoms with Crippen molar-refractivity contribution < 1.29 is 19.4 Å². The zero-order chi connectivity index (χ0) is 11.2. The molecule has 0 saturated heterocycles. The van der Waals surface area contributed by atoms with Gasteiger partial charge in [0.1, 0.15) is 0 Å². The van der Waals surface area contributed by atoms with Crippen molar-refractivity contribution in [1.82, 2.24) is 0 Å². The van der Waals surface area contributed by atoms with E-state index >= 15 is 0 Å². The number of methoxy groups -OCH3 is 1. The molecule has 0 aliphatic rings. The van der Waals surface area contributed by atoms with E-state index in [0.29, 0.717) is 19.6 Å². The molecule has 0 aromatic carbocycles. The number of carboxylic acid groups (broad SMARTS) is 1. The van der Waals surface area contributed by atoms with Crippen LogP contribution in [0.4, 0.5) is 0 Å². The number of ether oxygens (including phenoxy) is 2. The van der Waals surface area contributed by atoms with Crippen LogP contribution >= 0.6 is 0 Å². The van der Waals surface area contributed by atoms with E-state index in [1.54, 1.807) is 21.0 Å². The zero-order valence-corrected chi connectivity index (χ0v) is 9.37. The third-order valence-electron chi connectivity index (χ3n) is 2.11. The van der Waals surface area contributed by atoms with Gasteiger partial charge in [0.2, 0.25) is 0 Å². The van der Waals surface area contributed by atoms with E-state index in [9.17, 15) is 4.79 Å². The molecular formula is C10H20O4. The molecule has 84 valence electrons. The van der Waals surface area contributed by atoms with Gasteiger partial charge in [0, 0.05) is 13.7 Å². The Hall–Kier alpha value is -0.610. The lowest BCUT2D eigenvalue weighted by Gasteiger charge is -2.20. The molecule has 0 saturated carbocycles. The molecule has 1 N–H and O–H groups in total. The Bertz CT molecular complexity index is 177. The first kappa shape index (κ1) is 13.4. The second-order valence-corrected chi connectivity index (χ2v) is 4.08. The van der Waals surface area contributed by atoms with Gasteiger partial charge in [0.05, 0.1) is 18.1 Å². The summed E-state index contributed by atoms with van der Waals surface area (Å²) in [5.74, 6) is -0.791. The Morgan fingerprint density at radius 3 is 2.50 bits per heavy atom.